The van der Waals surface area contributed by atoms with Crippen LogP contribution >= 0.6 is 12.4 Å². The molecule has 2 N–H and O–H groups in total. The number of fused-ring (bicyclic) bond motifs is 1. The first-order chi connectivity index (χ1) is 8.25. The van der Waals surface area contributed by atoms with Gasteiger partial charge in [0.1, 0.15) is 0 Å². The van der Waals surface area contributed by atoms with E-state index in [1.54, 1.807) is 0 Å². The molecule has 0 radical (unpaired) electrons. The summed E-state index contributed by atoms with van der Waals surface area (Å²) in [5.41, 5.74) is 6.07. The fraction of sp³-hybridized carbons (Fsp3) is 0.917. The van der Waals surface area contributed by atoms with Gasteiger partial charge in [-0.3, -0.25) is 4.79 Å². The van der Waals surface area contributed by atoms with Gasteiger partial charge in [0.05, 0.1) is 19.8 Å². The molecular formula is C12H21ClN2O3. The van der Waals surface area contributed by atoms with Crippen LogP contribution in [-0.4, -0.2) is 55.9 Å². The fourth-order valence-corrected chi connectivity index (χ4v) is 3.32. The van der Waals surface area contributed by atoms with Crippen LogP contribution in [0, 0.1) is 11.8 Å². The van der Waals surface area contributed by atoms with Crippen molar-refractivity contribution in [3.8, 4) is 0 Å². The highest BCUT2D eigenvalue weighted by molar-refractivity contribution is 5.85. The van der Waals surface area contributed by atoms with E-state index >= 15 is 0 Å². The predicted molar refractivity (Wildman–Crippen MR) is 68.6 cm³/mol. The second kappa shape index (κ2) is 5.74. The Labute approximate surface area is 113 Å². The smallest absolute Gasteiger partial charge is 0.254 e. The number of nitrogens with two attached hydrogens (primary N) is 1. The molecule has 3 rings (SSSR count). The Morgan fingerprint density at radius 2 is 2.06 bits per heavy atom. The number of rotatable bonds is 1. The van der Waals surface area contributed by atoms with E-state index in [0.717, 1.165) is 25.9 Å². The third-order valence-electron chi connectivity index (χ3n) is 4.32. The van der Waals surface area contributed by atoms with Crippen LogP contribution in [0.4, 0.5) is 0 Å². The fourth-order valence-electron chi connectivity index (χ4n) is 3.32. The van der Waals surface area contributed by atoms with Gasteiger partial charge in [0.25, 0.3) is 5.91 Å². The maximum Gasteiger partial charge on any atom is 0.254 e. The number of nitrogens with zero attached hydrogens (tertiary/aromatic N) is 1. The summed E-state index contributed by atoms with van der Waals surface area (Å²) in [7, 11) is 0. The molecule has 0 aromatic heterocycles. The van der Waals surface area contributed by atoms with Gasteiger partial charge in [0, 0.05) is 19.1 Å². The average Bonchev–Trinajstić information content (AvgIpc) is 2.92. The Hall–Kier alpha value is -0.360. The lowest BCUT2D eigenvalue weighted by molar-refractivity contribution is -0.157. The van der Waals surface area contributed by atoms with Gasteiger partial charge in [-0.05, 0) is 24.7 Å². The number of carbonyl (C=O) groups excluding carboxylic acids is 1. The van der Waals surface area contributed by atoms with Crippen molar-refractivity contribution in [2.75, 3.05) is 32.9 Å². The standard InChI is InChI=1S/C12H20N2O3.ClH/c13-10-2-1-8-5-14(6-9(8)10)12(15)11-7-16-3-4-17-11;/h8-11H,1-7,13H2;1H. The quantitative estimate of drug-likeness (QED) is 0.733. The molecule has 2 saturated heterocycles. The Bertz CT molecular complexity index is 310. The highest BCUT2D eigenvalue weighted by Crippen LogP contribution is 2.37. The van der Waals surface area contributed by atoms with Crippen LogP contribution in [-0.2, 0) is 14.3 Å². The zero-order chi connectivity index (χ0) is 11.8. The van der Waals surface area contributed by atoms with E-state index in [4.69, 9.17) is 15.2 Å². The lowest BCUT2D eigenvalue weighted by atomic mass is 9.98. The summed E-state index contributed by atoms with van der Waals surface area (Å²) in [6.07, 6.45) is 1.89. The van der Waals surface area contributed by atoms with Gasteiger partial charge < -0.3 is 20.1 Å². The number of hydrogen-bond donors (Lipinski definition) is 1. The highest BCUT2D eigenvalue weighted by atomic mass is 35.5. The monoisotopic (exact) mass is 276 g/mol. The van der Waals surface area contributed by atoms with Crippen molar-refractivity contribution >= 4 is 18.3 Å². The number of halogens is 1. The van der Waals surface area contributed by atoms with Crippen LogP contribution in [0.3, 0.4) is 0 Å². The van der Waals surface area contributed by atoms with Crippen molar-refractivity contribution in [3.63, 3.8) is 0 Å². The molecule has 1 saturated carbocycles. The Balaban J connectivity index is 0.00000120. The van der Waals surface area contributed by atoms with Crippen molar-refractivity contribution in [1.82, 2.24) is 4.90 Å². The van der Waals surface area contributed by atoms with E-state index in [-0.39, 0.29) is 30.5 Å². The molecule has 0 spiro atoms. The minimum atomic E-state index is -0.390. The third-order valence-corrected chi connectivity index (χ3v) is 4.32. The molecule has 2 heterocycles. The molecular weight excluding hydrogens is 256 g/mol. The zero-order valence-corrected chi connectivity index (χ0v) is 11.2. The SMILES string of the molecule is Cl.NC1CCC2CN(C(=O)C3COCCO3)CC12. The number of amides is 1. The first-order valence-electron chi connectivity index (χ1n) is 6.49. The molecule has 0 bridgehead atoms. The molecule has 104 valence electrons. The maximum atomic E-state index is 12.2. The van der Waals surface area contributed by atoms with E-state index in [1.807, 2.05) is 4.90 Å². The lowest BCUT2D eigenvalue weighted by Crippen LogP contribution is -2.45. The third kappa shape index (κ3) is 2.50. The summed E-state index contributed by atoms with van der Waals surface area (Å²) in [4.78, 5) is 14.1. The van der Waals surface area contributed by atoms with Gasteiger partial charge in [-0.15, -0.1) is 12.4 Å². The largest absolute Gasteiger partial charge is 0.376 e. The van der Waals surface area contributed by atoms with E-state index in [9.17, 15) is 4.79 Å². The molecule has 4 atom stereocenters. The first-order valence-corrected chi connectivity index (χ1v) is 6.49. The van der Waals surface area contributed by atoms with Crippen molar-refractivity contribution in [1.29, 1.82) is 0 Å². The molecule has 5 nitrogen and oxygen atoms in total. The van der Waals surface area contributed by atoms with Crippen LogP contribution in [0.15, 0.2) is 0 Å². The van der Waals surface area contributed by atoms with E-state index in [1.165, 1.54) is 0 Å². The maximum absolute atomic E-state index is 12.2. The molecule has 4 unspecified atom stereocenters. The minimum absolute atomic E-state index is 0. The molecule has 2 aliphatic heterocycles. The van der Waals surface area contributed by atoms with Gasteiger partial charge >= 0.3 is 0 Å². The summed E-state index contributed by atoms with van der Waals surface area (Å²) in [6, 6.07) is 0.279. The molecule has 18 heavy (non-hydrogen) atoms. The number of likely N-dealkylation sites (tertiary alicyclic amines) is 1. The molecule has 6 heteroatoms. The van der Waals surface area contributed by atoms with Gasteiger partial charge in [0.2, 0.25) is 0 Å². The Kier molecular flexibility index (Phi) is 4.48. The van der Waals surface area contributed by atoms with Gasteiger partial charge in [-0.25, -0.2) is 0 Å². The van der Waals surface area contributed by atoms with Crippen molar-refractivity contribution in [2.45, 2.75) is 25.0 Å². The molecule has 1 aliphatic carbocycles. The molecule has 3 aliphatic rings. The average molecular weight is 277 g/mol. The van der Waals surface area contributed by atoms with Gasteiger partial charge in [-0.1, -0.05) is 0 Å². The number of ether oxygens (including phenoxy) is 2. The summed E-state index contributed by atoms with van der Waals surface area (Å²) >= 11 is 0. The predicted octanol–water partition coefficient (Wildman–Crippen LogP) is 0.0193. The van der Waals surface area contributed by atoms with Crippen LogP contribution < -0.4 is 5.73 Å². The van der Waals surface area contributed by atoms with Crippen molar-refractivity contribution in [2.24, 2.45) is 17.6 Å². The lowest BCUT2D eigenvalue weighted by Gasteiger charge is -2.27. The Morgan fingerprint density at radius 1 is 1.22 bits per heavy atom. The molecule has 3 fully saturated rings. The second-order valence-electron chi connectivity index (χ2n) is 5.34. The molecule has 0 aromatic rings. The van der Waals surface area contributed by atoms with Gasteiger partial charge in [0.15, 0.2) is 6.10 Å². The van der Waals surface area contributed by atoms with Crippen LogP contribution in [0.1, 0.15) is 12.8 Å². The Morgan fingerprint density at radius 3 is 2.72 bits per heavy atom. The summed E-state index contributed by atoms with van der Waals surface area (Å²) in [6.45, 7) is 3.19. The van der Waals surface area contributed by atoms with Crippen molar-refractivity contribution < 1.29 is 14.3 Å². The van der Waals surface area contributed by atoms with Crippen LogP contribution in [0.25, 0.3) is 0 Å². The first kappa shape index (κ1) is 14.1. The number of hydrogen-bond acceptors (Lipinski definition) is 4. The minimum Gasteiger partial charge on any atom is -0.376 e. The van der Waals surface area contributed by atoms with Crippen LogP contribution in [0.2, 0.25) is 0 Å². The molecule has 1 amide bonds. The normalized spacial score (nSPS) is 39.3. The summed E-state index contributed by atoms with van der Waals surface area (Å²) in [5, 5.41) is 0. The van der Waals surface area contributed by atoms with Gasteiger partial charge in [-0.2, -0.15) is 0 Å². The molecule has 0 aromatic carbocycles. The zero-order valence-electron chi connectivity index (χ0n) is 10.4. The van der Waals surface area contributed by atoms with E-state index in [0.29, 0.717) is 31.7 Å². The van der Waals surface area contributed by atoms with Crippen molar-refractivity contribution in [3.05, 3.63) is 0 Å². The summed E-state index contributed by atoms with van der Waals surface area (Å²) in [5.74, 6) is 1.20. The second-order valence-corrected chi connectivity index (χ2v) is 5.34. The van der Waals surface area contributed by atoms with Crippen LogP contribution in [0.5, 0.6) is 0 Å². The topological polar surface area (TPSA) is 64.8 Å². The van der Waals surface area contributed by atoms with E-state index < -0.39 is 0 Å². The highest BCUT2D eigenvalue weighted by Gasteiger charge is 2.43. The van der Waals surface area contributed by atoms with E-state index in [2.05, 4.69) is 0 Å². The summed E-state index contributed by atoms with van der Waals surface area (Å²) < 4.78 is 10.7. The number of carbonyl (C=O) groups is 1.